The Balaban J connectivity index is 1.96. The summed E-state index contributed by atoms with van der Waals surface area (Å²) in [6.45, 7) is 5.36. The van der Waals surface area contributed by atoms with Gasteiger partial charge in [0.1, 0.15) is 5.82 Å². The van der Waals surface area contributed by atoms with Gasteiger partial charge in [0.05, 0.1) is 12.5 Å². The second kappa shape index (κ2) is 6.84. The number of rotatable bonds is 5. The van der Waals surface area contributed by atoms with Crippen LogP contribution in [0.25, 0.3) is 0 Å². The molecule has 110 valence electrons. The molecule has 2 atom stereocenters. The fraction of sp³-hybridized carbons (Fsp3) is 0.562. The van der Waals surface area contributed by atoms with Crippen molar-refractivity contribution in [2.24, 2.45) is 11.8 Å². The highest BCUT2D eigenvalue weighted by molar-refractivity contribution is 5.79. The third kappa shape index (κ3) is 4.04. The van der Waals surface area contributed by atoms with Gasteiger partial charge in [-0.1, -0.05) is 26.0 Å². The van der Waals surface area contributed by atoms with E-state index in [0.717, 1.165) is 18.4 Å². The predicted molar refractivity (Wildman–Crippen MR) is 75.8 cm³/mol. The van der Waals surface area contributed by atoms with Gasteiger partial charge in [0.2, 0.25) is 5.91 Å². The molecule has 2 rings (SSSR count). The molecule has 1 aliphatic heterocycles. The number of carbonyl (C=O) groups excluding carboxylic acids is 1. The zero-order chi connectivity index (χ0) is 14.5. The molecule has 0 aliphatic carbocycles. The first kappa shape index (κ1) is 15.0. The molecule has 1 aromatic rings. The molecule has 0 aromatic heterocycles. The normalized spacial score (nSPS) is 20.1. The molecular formula is C16H22FNO2. The number of carbonyl (C=O) groups is 1. The van der Waals surface area contributed by atoms with Crippen LogP contribution in [0.3, 0.4) is 0 Å². The largest absolute Gasteiger partial charge is 0.381 e. The monoisotopic (exact) mass is 279 g/mol. The minimum absolute atomic E-state index is 0.0236. The molecule has 0 unspecified atom stereocenters. The van der Waals surface area contributed by atoms with E-state index in [2.05, 4.69) is 19.2 Å². The van der Waals surface area contributed by atoms with Crippen LogP contribution in [0.1, 0.15) is 25.8 Å². The van der Waals surface area contributed by atoms with E-state index in [4.69, 9.17) is 4.74 Å². The fourth-order valence-electron chi connectivity index (χ4n) is 2.37. The zero-order valence-corrected chi connectivity index (χ0v) is 12.1. The molecule has 0 radical (unpaired) electrons. The van der Waals surface area contributed by atoms with E-state index in [9.17, 15) is 9.18 Å². The van der Waals surface area contributed by atoms with Gasteiger partial charge in [0.15, 0.2) is 0 Å². The van der Waals surface area contributed by atoms with Gasteiger partial charge in [0, 0.05) is 12.6 Å². The molecule has 1 N–H and O–H groups in total. The van der Waals surface area contributed by atoms with Gasteiger partial charge in [0.25, 0.3) is 0 Å². The molecule has 1 amide bonds. The van der Waals surface area contributed by atoms with Crippen LogP contribution in [0, 0.1) is 17.7 Å². The van der Waals surface area contributed by atoms with Gasteiger partial charge < -0.3 is 10.1 Å². The summed E-state index contributed by atoms with van der Waals surface area (Å²) in [4.78, 5) is 12.2. The Morgan fingerprint density at radius 2 is 2.10 bits per heavy atom. The van der Waals surface area contributed by atoms with E-state index in [1.54, 1.807) is 12.1 Å². The van der Waals surface area contributed by atoms with Crippen LogP contribution in [-0.2, 0) is 16.0 Å². The number of amides is 1. The number of hydrogen-bond acceptors (Lipinski definition) is 2. The molecule has 0 saturated carbocycles. The van der Waals surface area contributed by atoms with Crippen molar-refractivity contribution in [3.63, 3.8) is 0 Å². The van der Waals surface area contributed by atoms with E-state index in [-0.39, 0.29) is 23.7 Å². The Morgan fingerprint density at radius 3 is 2.65 bits per heavy atom. The Bertz CT molecular complexity index is 438. The topological polar surface area (TPSA) is 38.3 Å². The lowest BCUT2D eigenvalue weighted by Gasteiger charge is -2.24. The lowest BCUT2D eigenvalue weighted by atomic mass is 9.95. The molecule has 4 heteroatoms. The molecule has 3 nitrogen and oxygen atoms in total. The third-order valence-electron chi connectivity index (χ3n) is 3.80. The Hall–Kier alpha value is -1.42. The van der Waals surface area contributed by atoms with Crippen molar-refractivity contribution in [3.05, 3.63) is 35.6 Å². The van der Waals surface area contributed by atoms with E-state index in [1.165, 1.54) is 12.1 Å². The number of benzene rings is 1. The summed E-state index contributed by atoms with van der Waals surface area (Å²) in [5.41, 5.74) is 1.04. The van der Waals surface area contributed by atoms with Crippen molar-refractivity contribution in [1.29, 1.82) is 0 Å². The van der Waals surface area contributed by atoms with Gasteiger partial charge in [-0.25, -0.2) is 4.39 Å². The number of hydrogen-bond donors (Lipinski definition) is 1. The van der Waals surface area contributed by atoms with Crippen molar-refractivity contribution in [3.8, 4) is 0 Å². The summed E-state index contributed by atoms with van der Waals surface area (Å²) in [7, 11) is 0. The van der Waals surface area contributed by atoms with Crippen LogP contribution in [0.15, 0.2) is 24.3 Å². The van der Waals surface area contributed by atoms with E-state index in [0.29, 0.717) is 19.1 Å². The number of ether oxygens (including phenoxy) is 1. The molecule has 0 spiro atoms. The highest BCUT2D eigenvalue weighted by Crippen LogP contribution is 2.16. The van der Waals surface area contributed by atoms with E-state index in [1.807, 2.05) is 0 Å². The summed E-state index contributed by atoms with van der Waals surface area (Å²) in [5, 5.41) is 3.11. The van der Waals surface area contributed by atoms with Crippen molar-refractivity contribution >= 4 is 5.91 Å². The van der Waals surface area contributed by atoms with Gasteiger partial charge >= 0.3 is 0 Å². The average molecular weight is 279 g/mol. The second-order valence-corrected chi connectivity index (χ2v) is 5.75. The summed E-state index contributed by atoms with van der Waals surface area (Å²) >= 11 is 0. The quantitative estimate of drug-likeness (QED) is 0.899. The van der Waals surface area contributed by atoms with Gasteiger partial charge in [-0.3, -0.25) is 4.79 Å². The van der Waals surface area contributed by atoms with Crippen molar-refractivity contribution in [1.82, 2.24) is 5.32 Å². The van der Waals surface area contributed by atoms with Crippen LogP contribution in [0.5, 0.6) is 0 Å². The van der Waals surface area contributed by atoms with Crippen LogP contribution < -0.4 is 5.32 Å². The molecule has 1 heterocycles. The third-order valence-corrected chi connectivity index (χ3v) is 3.80. The SMILES string of the molecule is CC(C)[C@H](Cc1ccc(F)cc1)NC(=O)[C@@H]1CCOC1. The maximum absolute atomic E-state index is 12.9. The molecule has 0 bridgehead atoms. The lowest BCUT2D eigenvalue weighted by molar-refractivity contribution is -0.126. The molecule has 1 aliphatic rings. The summed E-state index contributed by atoms with van der Waals surface area (Å²) in [5.74, 6) is 0.140. The van der Waals surface area contributed by atoms with Crippen LogP contribution in [-0.4, -0.2) is 25.2 Å². The molecular weight excluding hydrogens is 257 g/mol. The Kier molecular flexibility index (Phi) is 5.12. The van der Waals surface area contributed by atoms with Gasteiger partial charge in [-0.15, -0.1) is 0 Å². The standard InChI is InChI=1S/C16H22FNO2/c1-11(2)15(9-12-3-5-14(17)6-4-12)18-16(19)13-7-8-20-10-13/h3-6,11,13,15H,7-10H2,1-2H3,(H,18,19)/t13-,15+/m1/s1. The van der Waals surface area contributed by atoms with Crippen LogP contribution in [0.2, 0.25) is 0 Å². The van der Waals surface area contributed by atoms with Gasteiger partial charge in [-0.2, -0.15) is 0 Å². The van der Waals surface area contributed by atoms with E-state index >= 15 is 0 Å². The van der Waals surface area contributed by atoms with Crippen LogP contribution >= 0.6 is 0 Å². The van der Waals surface area contributed by atoms with Gasteiger partial charge in [-0.05, 0) is 36.5 Å². The first-order valence-electron chi connectivity index (χ1n) is 7.19. The second-order valence-electron chi connectivity index (χ2n) is 5.75. The molecule has 20 heavy (non-hydrogen) atoms. The maximum atomic E-state index is 12.9. The smallest absolute Gasteiger partial charge is 0.225 e. The summed E-state index contributed by atoms with van der Waals surface area (Å²) in [6.07, 6.45) is 1.52. The van der Waals surface area contributed by atoms with Crippen LogP contribution in [0.4, 0.5) is 4.39 Å². The van der Waals surface area contributed by atoms with Crippen molar-refractivity contribution in [2.75, 3.05) is 13.2 Å². The number of nitrogens with one attached hydrogen (secondary N) is 1. The summed E-state index contributed by atoms with van der Waals surface area (Å²) in [6, 6.07) is 6.53. The predicted octanol–water partition coefficient (Wildman–Crippen LogP) is 2.55. The Morgan fingerprint density at radius 1 is 1.40 bits per heavy atom. The first-order valence-corrected chi connectivity index (χ1v) is 7.19. The zero-order valence-electron chi connectivity index (χ0n) is 12.1. The first-order chi connectivity index (χ1) is 9.56. The minimum Gasteiger partial charge on any atom is -0.381 e. The van der Waals surface area contributed by atoms with Crippen molar-refractivity contribution < 1.29 is 13.9 Å². The summed E-state index contributed by atoms with van der Waals surface area (Å²) < 4.78 is 18.2. The molecule has 1 fully saturated rings. The average Bonchev–Trinajstić information content (AvgIpc) is 2.94. The Labute approximate surface area is 119 Å². The highest BCUT2D eigenvalue weighted by atomic mass is 19.1. The van der Waals surface area contributed by atoms with Crippen molar-refractivity contribution in [2.45, 2.75) is 32.7 Å². The highest BCUT2D eigenvalue weighted by Gasteiger charge is 2.26. The molecule has 1 saturated heterocycles. The molecule has 1 aromatic carbocycles. The fourth-order valence-corrected chi connectivity index (χ4v) is 2.37. The lowest BCUT2D eigenvalue weighted by Crippen LogP contribution is -2.43. The number of halogens is 1. The minimum atomic E-state index is -0.234. The van der Waals surface area contributed by atoms with E-state index < -0.39 is 0 Å². The maximum Gasteiger partial charge on any atom is 0.225 e.